The highest BCUT2D eigenvalue weighted by molar-refractivity contribution is 7.99. The number of rotatable bonds is 3. The van der Waals surface area contributed by atoms with Gasteiger partial charge in [-0.3, -0.25) is 0 Å². The van der Waals surface area contributed by atoms with Gasteiger partial charge in [-0.1, -0.05) is 0 Å². The normalized spacial score (nSPS) is 15.9. The lowest BCUT2D eigenvalue weighted by Gasteiger charge is -2.26. The van der Waals surface area contributed by atoms with Gasteiger partial charge in [-0.15, -0.1) is 21.5 Å². The van der Waals surface area contributed by atoms with E-state index in [1.165, 1.54) is 0 Å². The molecule has 1 aliphatic rings. The van der Waals surface area contributed by atoms with Crippen LogP contribution in [0, 0.1) is 6.92 Å². The zero-order chi connectivity index (χ0) is 12.1. The summed E-state index contributed by atoms with van der Waals surface area (Å²) in [6, 6.07) is 0.0477. The Morgan fingerprint density at radius 3 is 2.82 bits per heavy atom. The zero-order valence-electron chi connectivity index (χ0n) is 9.81. The van der Waals surface area contributed by atoms with Crippen LogP contribution in [0.5, 0.6) is 0 Å². The van der Waals surface area contributed by atoms with Crippen LogP contribution in [0.15, 0.2) is 0 Å². The predicted molar refractivity (Wildman–Crippen MR) is 70.6 cm³/mol. The summed E-state index contributed by atoms with van der Waals surface area (Å²) < 4.78 is 0. The Morgan fingerprint density at radius 2 is 2.18 bits per heavy atom. The third-order valence-electron chi connectivity index (χ3n) is 2.48. The first kappa shape index (κ1) is 12.6. The molecular weight excluding hydrogens is 256 g/mol. The van der Waals surface area contributed by atoms with Crippen molar-refractivity contribution in [3.8, 4) is 0 Å². The van der Waals surface area contributed by atoms with Crippen molar-refractivity contribution in [1.29, 1.82) is 0 Å². The zero-order valence-corrected chi connectivity index (χ0v) is 11.4. The molecule has 17 heavy (non-hydrogen) atoms. The lowest BCUT2D eigenvalue weighted by molar-refractivity contribution is 0.203. The van der Waals surface area contributed by atoms with Crippen LogP contribution in [0.1, 0.15) is 10.0 Å². The van der Waals surface area contributed by atoms with Gasteiger partial charge in [0.1, 0.15) is 10.0 Å². The van der Waals surface area contributed by atoms with E-state index in [0.717, 1.165) is 41.0 Å². The monoisotopic (exact) mass is 272 g/mol. The molecule has 0 atom stereocenters. The maximum Gasteiger partial charge on any atom is 0.317 e. The molecule has 2 rings (SSSR count). The molecule has 1 saturated heterocycles. The van der Waals surface area contributed by atoms with Crippen molar-refractivity contribution < 1.29 is 4.79 Å². The van der Waals surface area contributed by atoms with Crippen molar-refractivity contribution in [2.75, 3.05) is 31.1 Å². The molecule has 94 valence electrons. The third-order valence-corrected chi connectivity index (χ3v) is 4.32. The van der Waals surface area contributed by atoms with Crippen molar-refractivity contribution in [1.82, 2.24) is 20.4 Å². The lowest BCUT2D eigenvalue weighted by Crippen LogP contribution is -2.44. The molecule has 5 nitrogen and oxygen atoms in total. The van der Waals surface area contributed by atoms with E-state index in [2.05, 4.69) is 15.5 Å². The van der Waals surface area contributed by atoms with E-state index < -0.39 is 0 Å². The number of thioether (sulfide) groups is 1. The van der Waals surface area contributed by atoms with Crippen molar-refractivity contribution in [3.63, 3.8) is 0 Å². The molecule has 1 aliphatic heterocycles. The van der Waals surface area contributed by atoms with Crippen LogP contribution in [0.2, 0.25) is 0 Å². The molecule has 1 aromatic rings. The number of carbonyl (C=O) groups is 1. The molecule has 2 amide bonds. The SMILES string of the molecule is Cc1nnc(CCNC(=O)N2CCSCC2)s1. The fourth-order valence-corrected chi connectivity index (χ4v) is 3.20. The summed E-state index contributed by atoms with van der Waals surface area (Å²) in [5.74, 6) is 2.09. The van der Waals surface area contributed by atoms with Gasteiger partial charge in [0.2, 0.25) is 0 Å². The quantitative estimate of drug-likeness (QED) is 0.896. The van der Waals surface area contributed by atoms with E-state index in [-0.39, 0.29) is 6.03 Å². The van der Waals surface area contributed by atoms with Gasteiger partial charge in [0.05, 0.1) is 0 Å². The first-order chi connectivity index (χ1) is 8.25. The molecule has 1 fully saturated rings. The van der Waals surface area contributed by atoms with Gasteiger partial charge in [-0.05, 0) is 6.92 Å². The summed E-state index contributed by atoms with van der Waals surface area (Å²) in [6.45, 7) is 4.28. The highest BCUT2D eigenvalue weighted by Gasteiger charge is 2.15. The Hall–Kier alpha value is -0.820. The summed E-state index contributed by atoms with van der Waals surface area (Å²) in [7, 11) is 0. The number of nitrogens with zero attached hydrogens (tertiary/aromatic N) is 3. The minimum Gasteiger partial charge on any atom is -0.338 e. The van der Waals surface area contributed by atoms with Gasteiger partial charge in [0.25, 0.3) is 0 Å². The number of amides is 2. The van der Waals surface area contributed by atoms with Crippen molar-refractivity contribution in [3.05, 3.63) is 10.0 Å². The molecule has 0 unspecified atom stereocenters. The molecule has 0 aromatic carbocycles. The molecular formula is C10H16N4OS2. The minimum atomic E-state index is 0.0477. The van der Waals surface area contributed by atoms with Crippen molar-refractivity contribution >= 4 is 29.1 Å². The maximum absolute atomic E-state index is 11.8. The summed E-state index contributed by atoms with van der Waals surface area (Å²) in [5, 5.41) is 12.9. The standard InChI is InChI=1S/C10H16N4OS2/c1-8-12-13-9(17-8)2-3-11-10(15)14-4-6-16-7-5-14/h2-7H2,1H3,(H,11,15). The van der Waals surface area contributed by atoms with E-state index in [0.29, 0.717) is 6.54 Å². The Bertz CT molecular complexity index is 376. The van der Waals surface area contributed by atoms with Gasteiger partial charge in [0, 0.05) is 37.6 Å². The van der Waals surface area contributed by atoms with Crippen molar-refractivity contribution in [2.24, 2.45) is 0 Å². The van der Waals surface area contributed by atoms with E-state index in [4.69, 9.17) is 0 Å². The van der Waals surface area contributed by atoms with Crippen LogP contribution in [0.4, 0.5) is 4.79 Å². The molecule has 0 spiro atoms. The third kappa shape index (κ3) is 3.85. The Balaban J connectivity index is 1.69. The molecule has 0 radical (unpaired) electrons. The number of urea groups is 1. The van der Waals surface area contributed by atoms with Crippen molar-refractivity contribution in [2.45, 2.75) is 13.3 Å². The fraction of sp³-hybridized carbons (Fsp3) is 0.700. The topological polar surface area (TPSA) is 58.1 Å². The summed E-state index contributed by atoms with van der Waals surface area (Å²) in [5.41, 5.74) is 0. The van der Waals surface area contributed by atoms with E-state index >= 15 is 0 Å². The Morgan fingerprint density at radius 1 is 1.41 bits per heavy atom. The summed E-state index contributed by atoms with van der Waals surface area (Å²) in [6.07, 6.45) is 0.764. The largest absolute Gasteiger partial charge is 0.338 e. The summed E-state index contributed by atoms with van der Waals surface area (Å²) >= 11 is 3.49. The highest BCUT2D eigenvalue weighted by atomic mass is 32.2. The smallest absolute Gasteiger partial charge is 0.317 e. The summed E-state index contributed by atoms with van der Waals surface area (Å²) in [4.78, 5) is 13.6. The predicted octanol–water partition coefficient (Wildman–Crippen LogP) is 1.15. The van der Waals surface area contributed by atoms with Crippen LogP contribution in [-0.2, 0) is 6.42 Å². The van der Waals surface area contributed by atoms with Crippen LogP contribution in [-0.4, -0.2) is 52.3 Å². The second kappa shape index (κ2) is 6.20. The number of aryl methyl sites for hydroxylation is 1. The first-order valence-electron chi connectivity index (χ1n) is 5.65. The van der Waals surface area contributed by atoms with Gasteiger partial charge in [0.15, 0.2) is 0 Å². The molecule has 2 heterocycles. The maximum atomic E-state index is 11.8. The highest BCUT2D eigenvalue weighted by Crippen LogP contribution is 2.09. The number of hydrogen-bond donors (Lipinski definition) is 1. The number of hydrogen-bond acceptors (Lipinski definition) is 5. The van der Waals surface area contributed by atoms with Crippen LogP contribution < -0.4 is 5.32 Å². The second-order valence-corrected chi connectivity index (χ2v) is 6.29. The molecule has 0 bridgehead atoms. The Labute approximate surface area is 109 Å². The van der Waals surface area contributed by atoms with Gasteiger partial charge in [-0.25, -0.2) is 4.79 Å². The van der Waals surface area contributed by atoms with Gasteiger partial charge in [-0.2, -0.15) is 11.8 Å². The second-order valence-electron chi connectivity index (χ2n) is 3.80. The Kier molecular flexibility index (Phi) is 4.61. The van der Waals surface area contributed by atoms with Crippen LogP contribution >= 0.6 is 23.1 Å². The number of nitrogens with one attached hydrogen (secondary N) is 1. The van der Waals surface area contributed by atoms with Crippen LogP contribution in [0.3, 0.4) is 0 Å². The molecule has 0 aliphatic carbocycles. The van der Waals surface area contributed by atoms with E-state index in [1.54, 1.807) is 11.3 Å². The van der Waals surface area contributed by atoms with Gasteiger partial charge >= 0.3 is 6.03 Å². The fourth-order valence-electron chi connectivity index (χ4n) is 1.59. The molecule has 1 aromatic heterocycles. The number of carbonyl (C=O) groups excluding carboxylic acids is 1. The molecule has 1 N–H and O–H groups in total. The van der Waals surface area contributed by atoms with Gasteiger partial charge < -0.3 is 10.2 Å². The molecule has 7 heteroatoms. The van der Waals surface area contributed by atoms with E-state index in [9.17, 15) is 4.79 Å². The number of aromatic nitrogens is 2. The van der Waals surface area contributed by atoms with E-state index in [1.807, 2.05) is 23.6 Å². The first-order valence-corrected chi connectivity index (χ1v) is 7.62. The molecule has 0 saturated carbocycles. The van der Waals surface area contributed by atoms with Crippen LogP contribution in [0.25, 0.3) is 0 Å². The average Bonchev–Trinajstić information content (AvgIpc) is 2.76. The lowest BCUT2D eigenvalue weighted by atomic mass is 10.4. The average molecular weight is 272 g/mol. The minimum absolute atomic E-state index is 0.0477.